The van der Waals surface area contributed by atoms with Gasteiger partial charge in [0.15, 0.2) is 0 Å². The third kappa shape index (κ3) is 58.1. The van der Waals surface area contributed by atoms with Crippen LogP contribution in [0, 0.1) is 0 Å². The summed E-state index contributed by atoms with van der Waals surface area (Å²) in [6.45, 7) is 4.83. The summed E-state index contributed by atoms with van der Waals surface area (Å²) in [5.41, 5.74) is 0. The first-order valence-electron chi connectivity index (χ1n) is 32.0. The van der Waals surface area contributed by atoms with E-state index in [0.717, 1.165) is 44.9 Å². The van der Waals surface area contributed by atoms with Crippen LogP contribution in [0.2, 0.25) is 0 Å². The van der Waals surface area contributed by atoms with Crippen molar-refractivity contribution in [2.45, 2.75) is 321 Å². The first-order chi connectivity index (χ1) is 36.0. The van der Waals surface area contributed by atoms with Gasteiger partial charge in [-0.1, -0.05) is 287 Å². The number of phosphoric ester groups is 1. The molecule has 0 aromatic carbocycles. The number of carbonyl (C=O) groups excluding carboxylic acids is 1. The fraction of sp³-hybridized carbons (Fsp3) is 0.862. The van der Waals surface area contributed by atoms with E-state index in [4.69, 9.17) is 9.05 Å². The Morgan fingerprint density at radius 1 is 0.459 bits per heavy atom. The van der Waals surface area contributed by atoms with E-state index in [0.29, 0.717) is 17.4 Å². The zero-order valence-electron chi connectivity index (χ0n) is 49.8. The number of nitrogens with zero attached hydrogens (tertiary/aromatic N) is 1. The molecular weight excluding hydrogens is 936 g/mol. The van der Waals surface area contributed by atoms with E-state index in [1.165, 1.54) is 244 Å². The quantitative estimate of drug-likeness (QED) is 0.0243. The second-order valence-corrected chi connectivity index (χ2v) is 24.6. The van der Waals surface area contributed by atoms with Gasteiger partial charge in [0.05, 0.1) is 39.9 Å². The maximum atomic E-state index is 13.0. The number of amides is 1. The van der Waals surface area contributed by atoms with Gasteiger partial charge in [0.25, 0.3) is 0 Å². The molecule has 0 heterocycles. The van der Waals surface area contributed by atoms with Gasteiger partial charge < -0.3 is 19.8 Å². The third-order valence-electron chi connectivity index (χ3n) is 14.5. The summed E-state index contributed by atoms with van der Waals surface area (Å²) in [4.78, 5) is 23.4. The molecule has 3 unspecified atom stereocenters. The highest BCUT2D eigenvalue weighted by Crippen LogP contribution is 2.43. The Bertz CT molecular complexity index is 1340. The number of phosphoric acid groups is 1. The molecule has 436 valence electrons. The number of unbranched alkanes of at least 4 members (excludes halogenated alkanes) is 40. The van der Waals surface area contributed by atoms with E-state index in [1.54, 1.807) is 6.08 Å². The van der Waals surface area contributed by atoms with Crippen molar-refractivity contribution in [1.29, 1.82) is 0 Å². The number of hydrogen-bond acceptors (Lipinski definition) is 5. The molecule has 0 saturated carbocycles. The predicted molar refractivity (Wildman–Crippen MR) is 323 cm³/mol. The van der Waals surface area contributed by atoms with E-state index in [1.807, 2.05) is 27.2 Å². The number of hydrogen-bond donors (Lipinski definition) is 3. The van der Waals surface area contributed by atoms with Gasteiger partial charge in [-0.25, -0.2) is 4.57 Å². The zero-order chi connectivity index (χ0) is 54.2. The largest absolute Gasteiger partial charge is 0.472 e. The molecular formula is C65H126N2O6P+. The van der Waals surface area contributed by atoms with Gasteiger partial charge in [-0.3, -0.25) is 13.8 Å². The molecule has 0 saturated heterocycles. The van der Waals surface area contributed by atoms with Crippen LogP contribution in [0.3, 0.4) is 0 Å². The fourth-order valence-electron chi connectivity index (χ4n) is 9.50. The minimum atomic E-state index is -4.36. The summed E-state index contributed by atoms with van der Waals surface area (Å²) in [5, 5.41) is 14.0. The SMILES string of the molecule is CCCCCCCCCCC/C=C\C/C=C\CCCCCCCCCCCCCCCC(=O)NC(COP(=O)(O)OCC[N+](C)(C)C)C(O)/C=C/CC/C=C/CCCCCCCCCCCCCCCCCCC. The van der Waals surface area contributed by atoms with Crippen LogP contribution in [0.5, 0.6) is 0 Å². The molecule has 3 atom stereocenters. The van der Waals surface area contributed by atoms with Gasteiger partial charge in [-0.15, -0.1) is 0 Å². The van der Waals surface area contributed by atoms with Crippen molar-refractivity contribution < 1.29 is 32.9 Å². The Morgan fingerprint density at radius 2 is 0.784 bits per heavy atom. The van der Waals surface area contributed by atoms with E-state index >= 15 is 0 Å². The van der Waals surface area contributed by atoms with Crippen molar-refractivity contribution in [1.82, 2.24) is 5.32 Å². The van der Waals surface area contributed by atoms with Crippen molar-refractivity contribution in [3.63, 3.8) is 0 Å². The van der Waals surface area contributed by atoms with Gasteiger partial charge in [0.1, 0.15) is 13.2 Å². The van der Waals surface area contributed by atoms with Crippen LogP contribution in [-0.4, -0.2) is 73.4 Å². The molecule has 0 aliphatic heterocycles. The first kappa shape index (κ1) is 72.5. The average Bonchev–Trinajstić information content (AvgIpc) is 3.36. The Morgan fingerprint density at radius 3 is 1.16 bits per heavy atom. The van der Waals surface area contributed by atoms with Crippen LogP contribution in [0.1, 0.15) is 309 Å². The number of rotatable bonds is 59. The molecule has 0 rings (SSSR count). The van der Waals surface area contributed by atoms with Crippen molar-refractivity contribution in [2.75, 3.05) is 40.9 Å². The lowest BCUT2D eigenvalue weighted by atomic mass is 10.0. The third-order valence-corrected chi connectivity index (χ3v) is 15.5. The number of aliphatic hydroxyl groups is 1. The molecule has 0 aliphatic carbocycles. The standard InChI is InChI=1S/C65H125N2O6P/c1-6-8-10-12-14-16-18-20-22-24-26-28-30-31-32-33-34-35-37-39-41-43-45-47-49-51-53-55-57-59-65(69)66-63(62-73-74(70,71)72-61-60-67(3,4)5)64(68)58-56-54-52-50-48-46-44-42-40-38-36-29-27-25-23-21-19-17-15-13-11-9-7-2/h26,28,31-32,48,50,56,58,63-64,68H,6-25,27,29-30,33-47,49,51-55,57,59-62H2,1-5H3,(H-,66,69,70,71)/p+1/b28-26-,32-31-,50-48+,58-56+. The summed E-state index contributed by atoms with van der Waals surface area (Å²) in [6.07, 6.45) is 75.2. The molecule has 0 aliphatic rings. The zero-order valence-corrected chi connectivity index (χ0v) is 50.7. The molecule has 0 bridgehead atoms. The normalized spacial score (nSPS) is 14.1. The molecule has 0 fully saturated rings. The Hall–Kier alpha value is -1.54. The van der Waals surface area contributed by atoms with Gasteiger partial charge in [-0.2, -0.15) is 0 Å². The fourth-order valence-corrected chi connectivity index (χ4v) is 10.2. The number of carbonyl (C=O) groups is 1. The maximum absolute atomic E-state index is 13.0. The van der Waals surface area contributed by atoms with E-state index < -0.39 is 20.0 Å². The smallest absolute Gasteiger partial charge is 0.387 e. The molecule has 74 heavy (non-hydrogen) atoms. The predicted octanol–water partition coefficient (Wildman–Crippen LogP) is 19.9. The maximum Gasteiger partial charge on any atom is 0.472 e. The minimum Gasteiger partial charge on any atom is -0.387 e. The van der Waals surface area contributed by atoms with Crippen molar-refractivity contribution in [3.8, 4) is 0 Å². The number of aliphatic hydroxyl groups excluding tert-OH is 1. The molecule has 0 aromatic heterocycles. The lowest BCUT2D eigenvalue weighted by molar-refractivity contribution is -0.870. The van der Waals surface area contributed by atoms with Crippen LogP contribution in [-0.2, 0) is 18.4 Å². The monoisotopic (exact) mass is 1060 g/mol. The van der Waals surface area contributed by atoms with Gasteiger partial charge >= 0.3 is 7.82 Å². The molecule has 0 spiro atoms. The number of nitrogens with one attached hydrogen (secondary N) is 1. The Balaban J connectivity index is 4.16. The van der Waals surface area contributed by atoms with Gasteiger partial charge in [0, 0.05) is 6.42 Å². The van der Waals surface area contributed by atoms with Crippen LogP contribution in [0.4, 0.5) is 0 Å². The van der Waals surface area contributed by atoms with Crippen LogP contribution in [0.15, 0.2) is 48.6 Å². The first-order valence-corrected chi connectivity index (χ1v) is 33.5. The summed E-state index contributed by atoms with van der Waals surface area (Å²) in [5.74, 6) is -0.184. The van der Waals surface area contributed by atoms with E-state index in [-0.39, 0.29) is 19.1 Å². The lowest BCUT2D eigenvalue weighted by Crippen LogP contribution is -2.45. The number of likely N-dealkylation sites (N-methyl/N-ethyl adjacent to an activating group) is 1. The minimum absolute atomic E-state index is 0.0560. The van der Waals surface area contributed by atoms with Crippen molar-refractivity contribution >= 4 is 13.7 Å². The van der Waals surface area contributed by atoms with E-state index in [9.17, 15) is 19.4 Å². The van der Waals surface area contributed by atoms with Crippen LogP contribution >= 0.6 is 7.82 Å². The highest BCUT2D eigenvalue weighted by Gasteiger charge is 2.27. The average molecular weight is 1060 g/mol. The second kappa shape index (κ2) is 56.2. The van der Waals surface area contributed by atoms with E-state index in [2.05, 4.69) is 55.6 Å². The van der Waals surface area contributed by atoms with Gasteiger partial charge in [-0.05, 0) is 64.2 Å². The van der Waals surface area contributed by atoms with Crippen molar-refractivity contribution in [2.24, 2.45) is 0 Å². The summed E-state index contributed by atoms with van der Waals surface area (Å²) >= 11 is 0. The molecule has 0 aromatic rings. The highest BCUT2D eigenvalue weighted by atomic mass is 31.2. The Labute approximate surface area is 460 Å². The molecule has 1 amide bonds. The summed E-state index contributed by atoms with van der Waals surface area (Å²) < 4.78 is 23.7. The molecule has 0 radical (unpaired) electrons. The topological polar surface area (TPSA) is 105 Å². The number of quaternary nitrogens is 1. The molecule has 8 nitrogen and oxygen atoms in total. The lowest BCUT2D eigenvalue weighted by Gasteiger charge is -2.25. The molecule has 9 heteroatoms. The van der Waals surface area contributed by atoms with Crippen molar-refractivity contribution in [3.05, 3.63) is 48.6 Å². The second-order valence-electron chi connectivity index (χ2n) is 23.1. The number of allylic oxidation sites excluding steroid dienone is 7. The van der Waals surface area contributed by atoms with Gasteiger partial charge in [0.2, 0.25) is 5.91 Å². The van der Waals surface area contributed by atoms with Crippen LogP contribution < -0.4 is 5.32 Å². The Kier molecular flexibility index (Phi) is 55.0. The summed E-state index contributed by atoms with van der Waals surface area (Å²) in [7, 11) is 1.56. The van der Waals surface area contributed by atoms with Crippen LogP contribution in [0.25, 0.3) is 0 Å². The molecule has 3 N–H and O–H groups in total. The highest BCUT2D eigenvalue weighted by molar-refractivity contribution is 7.47. The summed E-state index contributed by atoms with van der Waals surface area (Å²) in [6, 6.07) is -0.866.